The van der Waals surface area contributed by atoms with E-state index in [1.165, 1.54) is 0 Å². The molecule has 0 aliphatic rings. The van der Waals surface area contributed by atoms with Crippen molar-refractivity contribution in [2.75, 3.05) is 25.6 Å². The van der Waals surface area contributed by atoms with Gasteiger partial charge in [0, 0.05) is 31.4 Å². The molecule has 1 amide bonds. The van der Waals surface area contributed by atoms with E-state index in [0.717, 1.165) is 16.8 Å². The number of aryl methyl sites for hydroxylation is 1. The van der Waals surface area contributed by atoms with Crippen LogP contribution >= 0.6 is 11.6 Å². The van der Waals surface area contributed by atoms with Crippen LogP contribution < -0.4 is 15.0 Å². The second-order valence-electron chi connectivity index (χ2n) is 5.54. The van der Waals surface area contributed by atoms with Crippen LogP contribution in [0.25, 0.3) is 0 Å². The van der Waals surface area contributed by atoms with Crippen LogP contribution in [-0.2, 0) is 11.3 Å². The third kappa shape index (κ3) is 5.18. The van der Waals surface area contributed by atoms with Crippen LogP contribution in [0.1, 0.15) is 11.1 Å². The van der Waals surface area contributed by atoms with Crippen LogP contribution in [0.4, 0.5) is 5.69 Å². The minimum Gasteiger partial charge on any atom is -0.484 e. The number of rotatable bonds is 6. The molecular formula is C18H21ClN2O2. The van der Waals surface area contributed by atoms with E-state index in [4.69, 9.17) is 16.3 Å². The number of hydrogen-bond donors (Lipinski definition) is 1. The molecule has 0 unspecified atom stereocenters. The Morgan fingerprint density at radius 1 is 1.17 bits per heavy atom. The number of amides is 1. The van der Waals surface area contributed by atoms with Crippen molar-refractivity contribution in [2.45, 2.75) is 13.5 Å². The molecule has 2 aromatic rings. The second-order valence-corrected chi connectivity index (χ2v) is 5.97. The first-order chi connectivity index (χ1) is 11.0. The van der Waals surface area contributed by atoms with E-state index in [0.29, 0.717) is 17.3 Å². The van der Waals surface area contributed by atoms with Crippen molar-refractivity contribution >= 4 is 23.2 Å². The minimum absolute atomic E-state index is 0.0156. The fourth-order valence-corrected chi connectivity index (χ4v) is 2.31. The minimum atomic E-state index is -0.156. The molecule has 2 aromatic carbocycles. The third-order valence-electron chi connectivity index (χ3n) is 3.44. The van der Waals surface area contributed by atoms with Gasteiger partial charge in [0.25, 0.3) is 5.91 Å². The highest BCUT2D eigenvalue weighted by Crippen LogP contribution is 2.21. The molecule has 0 heterocycles. The Kier molecular flexibility index (Phi) is 5.88. The van der Waals surface area contributed by atoms with Crippen LogP contribution in [0.3, 0.4) is 0 Å². The normalized spacial score (nSPS) is 10.3. The van der Waals surface area contributed by atoms with Crippen molar-refractivity contribution in [3.8, 4) is 5.75 Å². The van der Waals surface area contributed by atoms with E-state index in [1.54, 1.807) is 18.2 Å². The quantitative estimate of drug-likeness (QED) is 0.881. The molecule has 0 fully saturated rings. The number of anilines is 1. The molecule has 2 rings (SSSR count). The maximum atomic E-state index is 11.9. The molecule has 23 heavy (non-hydrogen) atoms. The van der Waals surface area contributed by atoms with E-state index < -0.39 is 0 Å². The van der Waals surface area contributed by atoms with Gasteiger partial charge in [-0.05, 0) is 48.4 Å². The van der Waals surface area contributed by atoms with Gasteiger partial charge in [0.1, 0.15) is 5.75 Å². The monoisotopic (exact) mass is 332 g/mol. The lowest BCUT2D eigenvalue weighted by molar-refractivity contribution is -0.123. The Hall–Kier alpha value is -2.20. The van der Waals surface area contributed by atoms with Gasteiger partial charge < -0.3 is 15.0 Å². The van der Waals surface area contributed by atoms with Crippen molar-refractivity contribution in [1.82, 2.24) is 5.32 Å². The Morgan fingerprint density at radius 3 is 2.48 bits per heavy atom. The van der Waals surface area contributed by atoms with Gasteiger partial charge in [0.2, 0.25) is 0 Å². The molecule has 0 aromatic heterocycles. The molecule has 0 atom stereocenters. The number of carbonyl (C=O) groups is 1. The van der Waals surface area contributed by atoms with Gasteiger partial charge >= 0.3 is 0 Å². The van der Waals surface area contributed by atoms with Crippen LogP contribution in [0.2, 0.25) is 5.02 Å². The lowest BCUT2D eigenvalue weighted by Gasteiger charge is -2.13. The summed E-state index contributed by atoms with van der Waals surface area (Å²) in [5.74, 6) is 0.510. The van der Waals surface area contributed by atoms with Gasteiger partial charge in [-0.25, -0.2) is 0 Å². The van der Waals surface area contributed by atoms with E-state index in [9.17, 15) is 4.79 Å². The first-order valence-electron chi connectivity index (χ1n) is 7.37. The molecule has 0 aliphatic heterocycles. The van der Waals surface area contributed by atoms with Crippen LogP contribution in [-0.4, -0.2) is 26.6 Å². The van der Waals surface area contributed by atoms with E-state index in [2.05, 4.69) is 5.32 Å². The first kappa shape index (κ1) is 17.2. The highest BCUT2D eigenvalue weighted by molar-refractivity contribution is 6.30. The van der Waals surface area contributed by atoms with E-state index in [1.807, 2.05) is 50.2 Å². The number of nitrogens with one attached hydrogen (secondary N) is 1. The number of halogens is 1. The maximum absolute atomic E-state index is 11.9. The molecule has 0 radical (unpaired) electrons. The standard InChI is InChI=1S/C18H21ClN2O2/c1-13-10-15(19)6-9-17(13)23-12-18(22)20-11-14-4-7-16(8-5-14)21(2)3/h4-10H,11-12H2,1-3H3,(H,20,22). The summed E-state index contributed by atoms with van der Waals surface area (Å²) in [7, 11) is 3.99. The zero-order valence-corrected chi connectivity index (χ0v) is 14.4. The number of nitrogens with zero attached hydrogens (tertiary/aromatic N) is 1. The number of benzene rings is 2. The number of carbonyl (C=O) groups excluding carboxylic acids is 1. The van der Waals surface area contributed by atoms with Crippen molar-refractivity contribution in [2.24, 2.45) is 0 Å². The van der Waals surface area contributed by atoms with E-state index in [-0.39, 0.29) is 12.5 Å². The Bertz CT molecular complexity index is 669. The fourth-order valence-electron chi connectivity index (χ4n) is 2.08. The lowest BCUT2D eigenvalue weighted by atomic mass is 10.2. The SMILES string of the molecule is Cc1cc(Cl)ccc1OCC(=O)NCc1ccc(N(C)C)cc1. The zero-order chi connectivity index (χ0) is 16.8. The fraction of sp³-hybridized carbons (Fsp3) is 0.278. The van der Waals surface area contributed by atoms with Gasteiger partial charge in [-0.15, -0.1) is 0 Å². The number of ether oxygens (including phenoxy) is 1. The summed E-state index contributed by atoms with van der Waals surface area (Å²) in [6.45, 7) is 2.36. The van der Waals surface area contributed by atoms with Crippen molar-refractivity contribution in [1.29, 1.82) is 0 Å². The highest BCUT2D eigenvalue weighted by Gasteiger charge is 2.05. The smallest absolute Gasteiger partial charge is 0.258 e. The van der Waals surface area contributed by atoms with E-state index >= 15 is 0 Å². The maximum Gasteiger partial charge on any atom is 0.258 e. The van der Waals surface area contributed by atoms with Gasteiger partial charge in [-0.2, -0.15) is 0 Å². The molecule has 4 nitrogen and oxygen atoms in total. The zero-order valence-electron chi connectivity index (χ0n) is 13.6. The average molecular weight is 333 g/mol. The summed E-state index contributed by atoms with van der Waals surface area (Å²) in [5, 5.41) is 3.50. The largest absolute Gasteiger partial charge is 0.484 e. The van der Waals surface area contributed by atoms with Gasteiger partial charge in [-0.3, -0.25) is 4.79 Å². The predicted molar refractivity (Wildman–Crippen MR) is 94.3 cm³/mol. The van der Waals surface area contributed by atoms with Crippen LogP contribution in [0, 0.1) is 6.92 Å². The molecule has 5 heteroatoms. The van der Waals surface area contributed by atoms with Gasteiger partial charge in [0.15, 0.2) is 6.61 Å². The molecule has 0 saturated carbocycles. The van der Waals surface area contributed by atoms with Crippen molar-refractivity contribution < 1.29 is 9.53 Å². The van der Waals surface area contributed by atoms with Gasteiger partial charge in [0.05, 0.1) is 0 Å². The summed E-state index contributed by atoms with van der Waals surface area (Å²) < 4.78 is 5.52. The van der Waals surface area contributed by atoms with Crippen molar-refractivity contribution in [3.63, 3.8) is 0 Å². The highest BCUT2D eigenvalue weighted by atomic mass is 35.5. The Labute approximate surface area is 142 Å². The molecular weight excluding hydrogens is 312 g/mol. The molecule has 122 valence electrons. The Balaban J connectivity index is 1.80. The second kappa shape index (κ2) is 7.88. The molecule has 1 N–H and O–H groups in total. The summed E-state index contributed by atoms with van der Waals surface area (Å²) in [6.07, 6.45) is 0. The summed E-state index contributed by atoms with van der Waals surface area (Å²) in [6, 6.07) is 13.4. The summed E-state index contributed by atoms with van der Waals surface area (Å²) in [5.41, 5.74) is 3.08. The lowest BCUT2D eigenvalue weighted by Crippen LogP contribution is -2.28. The average Bonchev–Trinajstić information content (AvgIpc) is 2.52. The molecule has 0 aliphatic carbocycles. The molecule has 0 spiro atoms. The first-order valence-corrected chi connectivity index (χ1v) is 7.75. The number of hydrogen-bond acceptors (Lipinski definition) is 3. The molecule has 0 saturated heterocycles. The summed E-state index contributed by atoms with van der Waals surface area (Å²) >= 11 is 5.89. The summed E-state index contributed by atoms with van der Waals surface area (Å²) in [4.78, 5) is 13.9. The van der Waals surface area contributed by atoms with Crippen LogP contribution in [0.15, 0.2) is 42.5 Å². The third-order valence-corrected chi connectivity index (χ3v) is 3.67. The predicted octanol–water partition coefficient (Wildman–Crippen LogP) is 3.41. The van der Waals surface area contributed by atoms with Crippen LogP contribution in [0.5, 0.6) is 5.75 Å². The van der Waals surface area contributed by atoms with Crippen molar-refractivity contribution in [3.05, 3.63) is 58.6 Å². The molecule has 0 bridgehead atoms. The Morgan fingerprint density at radius 2 is 1.87 bits per heavy atom. The van der Waals surface area contributed by atoms with Gasteiger partial charge in [-0.1, -0.05) is 23.7 Å². The topological polar surface area (TPSA) is 41.6 Å².